The lowest BCUT2D eigenvalue weighted by Gasteiger charge is -2.12. The molecule has 1 atom stereocenters. The Morgan fingerprint density at radius 1 is 1.50 bits per heavy atom. The lowest BCUT2D eigenvalue weighted by molar-refractivity contribution is -0.137. The average molecular weight is 315 g/mol. The highest BCUT2D eigenvalue weighted by Crippen LogP contribution is 2.08. The van der Waals surface area contributed by atoms with E-state index in [-0.39, 0.29) is 18.4 Å². The van der Waals surface area contributed by atoms with E-state index in [0.717, 1.165) is 4.47 Å². The zero-order chi connectivity index (χ0) is 13.5. The van der Waals surface area contributed by atoms with E-state index in [1.54, 1.807) is 18.3 Å². The van der Waals surface area contributed by atoms with Gasteiger partial charge in [-0.25, -0.2) is 4.98 Å². The molecule has 1 unspecified atom stereocenters. The summed E-state index contributed by atoms with van der Waals surface area (Å²) in [5.41, 5.74) is 0.350. The normalized spacial score (nSPS) is 11.9. The van der Waals surface area contributed by atoms with Gasteiger partial charge in [0, 0.05) is 23.1 Å². The Labute approximate surface area is 114 Å². The van der Waals surface area contributed by atoms with Gasteiger partial charge in [0.1, 0.15) is 5.69 Å². The molecule has 6 heteroatoms. The first-order valence-electron chi connectivity index (χ1n) is 5.63. The highest BCUT2D eigenvalue weighted by atomic mass is 79.9. The zero-order valence-electron chi connectivity index (χ0n) is 10.0. The van der Waals surface area contributed by atoms with Gasteiger partial charge in [-0.05, 0) is 47.8 Å². The molecule has 0 aliphatic carbocycles. The number of carboxylic acids is 1. The topological polar surface area (TPSA) is 79.3 Å². The van der Waals surface area contributed by atoms with E-state index in [1.807, 2.05) is 6.92 Å². The molecule has 0 aliphatic heterocycles. The van der Waals surface area contributed by atoms with Crippen LogP contribution in [-0.4, -0.2) is 28.0 Å². The molecule has 1 heterocycles. The van der Waals surface area contributed by atoms with Crippen LogP contribution < -0.4 is 5.32 Å². The maximum absolute atomic E-state index is 11.8. The summed E-state index contributed by atoms with van der Waals surface area (Å²) in [6.45, 7) is 1.85. The van der Waals surface area contributed by atoms with Gasteiger partial charge in [0.15, 0.2) is 0 Å². The first-order valence-corrected chi connectivity index (χ1v) is 6.42. The summed E-state index contributed by atoms with van der Waals surface area (Å²) in [4.78, 5) is 26.1. The molecular weight excluding hydrogens is 300 g/mol. The second-order valence-electron chi connectivity index (χ2n) is 4.02. The molecule has 1 aromatic heterocycles. The molecule has 5 nitrogen and oxygen atoms in total. The van der Waals surface area contributed by atoms with E-state index in [4.69, 9.17) is 5.11 Å². The molecule has 98 valence electrons. The van der Waals surface area contributed by atoms with Crippen LogP contribution in [0.4, 0.5) is 0 Å². The van der Waals surface area contributed by atoms with Gasteiger partial charge in [-0.3, -0.25) is 9.59 Å². The number of rotatable bonds is 6. The lowest BCUT2D eigenvalue weighted by Crippen LogP contribution is -2.33. The minimum atomic E-state index is -0.817. The first kappa shape index (κ1) is 14.6. The molecule has 1 aromatic rings. The third-order valence-corrected chi connectivity index (χ3v) is 2.83. The van der Waals surface area contributed by atoms with Gasteiger partial charge in [0.05, 0.1) is 0 Å². The van der Waals surface area contributed by atoms with Crippen molar-refractivity contribution >= 4 is 27.8 Å². The predicted molar refractivity (Wildman–Crippen MR) is 70.4 cm³/mol. The number of carbonyl (C=O) groups excluding carboxylic acids is 1. The van der Waals surface area contributed by atoms with Crippen molar-refractivity contribution in [2.45, 2.75) is 32.2 Å². The quantitative estimate of drug-likeness (QED) is 0.843. The molecule has 0 radical (unpaired) electrons. The van der Waals surface area contributed by atoms with Crippen LogP contribution in [0.15, 0.2) is 22.8 Å². The molecule has 1 rings (SSSR count). The number of halogens is 1. The summed E-state index contributed by atoms with van der Waals surface area (Å²) in [7, 11) is 0. The lowest BCUT2D eigenvalue weighted by atomic mass is 10.1. The molecule has 18 heavy (non-hydrogen) atoms. The third kappa shape index (κ3) is 5.27. The minimum absolute atomic E-state index is 0.0673. The smallest absolute Gasteiger partial charge is 0.303 e. The van der Waals surface area contributed by atoms with Crippen molar-refractivity contribution in [2.24, 2.45) is 0 Å². The van der Waals surface area contributed by atoms with E-state index in [2.05, 4.69) is 26.2 Å². The van der Waals surface area contributed by atoms with E-state index in [9.17, 15) is 9.59 Å². The molecule has 0 saturated heterocycles. The van der Waals surface area contributed by atoms with Crippen molar-refractivity contribution in [3.63, 3.8) is 0 Å². The van der Waals surface area contributed by atoms with Crippen LogP contribution in [0.2, 0.25) is 0 Å². The highest BCUT2D eigenvalue weighted by Gasteiger charge is 2.11. The second-order valence-corrected chi connectivity index (χ2v) is 4.94. The highest BCUT2D eigenvalue weighted by molar-refractivity contribution is 9.10. The van der Waals surface area contributed by atoms with Gasteiger partial charge >= 0.3 is 5.97 Å². The van der Waals surface area contributed by atoms with Crippen LogP contribution in [-0.2, 0) is 4.79 Å². The maximum Gasteiger partial charge on any atom is 0.303 e. The van der Waals surface area contributed by atoms with Crippen LogP contribution in [0.5, 0.6) is 0 Å². The van der Waals surface area contributed by atoms with Crippen LogP contribution in [0, 0.1) is 0 Å². The van der Waals surface area contributed by atoms with Gasteiger partial charge in [-0.2, -0.15) is 0 Å². The van der Waals surface area contributed by atoms with Crippen molar-refractivity contribution in [3.05, 3.63) is 28.5 Å². The summed E-state index contributed by atoms with van der Waals surface area (Å²) in [5.74, 6) is -1.06. The van der Waals surface area contributed by atoms with E-state index < -0.39 is 5.97 Å². The number of amides is 1. The standard InChI is InChI=1S/C12H15BrN2O3/c1-8(3-2-4-11(16)17)15-12(18)10-6-5-9(13)7-14-10/h5-8H,2-4H2,1H3,(H,15,18)(H,16,17). The Morgan fingerprint density at radius 2 is 2.22 bits per heavy atom. The summed E-state index contributed by atoms with van der Waals surface area (Å²) >= 11 is 3.24. The van der Waals surface area contributed by atoms with Gasteiger partial charge in [-0.15, -0.1) is 0 Å². The Balaban J connectivity index is 2.39. The van der Waals surface area contributed by atoms with Crippen molar-refractivity contribution in [2.75, 3.05) is 0 Å². The predicted octanol–water partition coefficient (Wildman–Crippen LogP) is 2.22. The summed E-state index contributed by atoms with van der Waals surface area (Å²) in [6, 6.07) is 3.31. The van der Waals surface area contributed by atoms with Crippen molar-refractivity contribution in [1.82, 2.24) is 10.3 Å². The number of nitrogens with one attached hydrogen (secondary N) is 1. The Kier molecular flexibility index (Phi) is 5.77. The molecule has 0 bridgehead atoms. The summed E-state index contributed by atoms with van der Waals surface area (Å²) < 4.78 is 0.813. The fourth-order valence-corrected chi connectivity index (χ4v) is 1.67. The number of aromatic nitrogens is 1. The Bertz CT molecular complexity index is 420. The Hall–Kier alpha value is -1.43. The molecule has 0 saturated carbocycles. The van der Waals surface area contributed by atoms with E-state index in [1.165, 1.54) is 0 Å². The molecule has 0 aromatic carbocycles. The molecule has 0 aliphatic rings. The molecule has 0 spiro atoms. The maximum atomic E-state index is 11.8. The summed E-state index contributed by atoms with van der Waals surface area (Å²) in [6.07, 6.45) is 2.86. The van der Waals surface area contributed by atoms with Gasteiger partial charge in [0.25, 0.3) is 5.91 Å². The fraction of sp³-hybridized carbons (Fsp3) is 0.417. The first-order chi connectivity index (χ1) is 8.49. The van der Waals surface area contributed by atoms with Crippen LogP contribution >= 0.6 is 15.9 Å². The molecule has 2 N–H and O–H groups in total. The monoisotopic (exact) mass is 314 g/mol. The van der Waals surface area contributed by atoms with Gasteiger partial charge < -0.3 is 10.4 Å². The number of hydrogen-bond acceptors (Lipinski definition) is 3. The Morgan fingerprint density at radius 3 is 2.78 bits per heavy atom. The number of carbonyl (C=O) groups is 2. The molecular formula is C12H15BrN2O3. The minimum Gasteiger partial charge on any atom is -0.481 e. The number of hydrogen-bond donors (Lipinski definition) is 2. The van der Waals surface area contributed by atoms with Crippen molar-refractivity contribution < 1.29 is 14.7 Å². The molecule has 0 fully saturated rings. The largest absolute Gasteiger partial charge is 0.481 e. The number of aliphatic carboxylic acids is 1. The zero-order valence-corrected chi connectivity index (χ0v) is 11.6. The number of nitrogens with zero attached hydrogens (tertiary/aromatic N) is 1. The van der Waals surface area contributed by atoms with Crippen LogP contribution in [0.3, 0.4) is 0 Å². The number of pyridine rings is 1. The van der Waals surface area contributed by atoms with Gasteiger partial charge in [-0.1, -0.05) is 0 Å². The van der Waals surface area contributed by atoms with Gasteiger partial charge in [0.2, 0.25) is 0 Å². The van der Waals surface area contributed by atoms with Crippen LogP contribution in [0.1, 0.15) is 36.7 Å². The summed E-state index contributed by atoms with van der Waals surface area (Å²) in [5, 5.41) is 11.3. The SMILES string of the molecule is CC(CCCC(=O)O)NC(=O)c1ccc(Br)cn1. The van der Waals surface area contributed by atoms with E-state index in [0.29, 0.717) is 18.5 Å². The second kappa shape index (κ2) is 7.10. The third-order valence-electron chi connectivity index (χ3n) is 2.37. The average Bonchev–Trinajstić information content (AvgIpc) is 2.29. The fourth-order valence-electron chi connectivity index (χ4n) is 1.44. The van der Waals surface area contributed by atoms with E-state index >= 15 is 0 Å². The van der Waals surface area contributed by atoms with Crippen molar-refractivity contribution in [1.29, 1.82) is 0 Å². The van der Waals surface area contributed by atoms with Crippen molar-refractivity contribution in [3.8, 4) is 0 Å². The number of carboxylic acid groups (broad SMARTS) is 1. The van der Waals surface area contributed by atoms with Crippen LogP contribution in [0.25, 0.3) is 0 Å². The molecule has 1 amide bonds.